The van der Waals surface area contributed by atoms with E-state index < -0.39 is 41.1 Å². The van der Waals surface area contributed by atoms with E-state index >= 15 is 0 Å². The van der Waals surface area contributed by atoms with Crippen molar-refractivity contribution < 1.29 is 28.8 Å². The number of carbonyl (C=O) groups excluding carboxylic acids is 3. The number of thioether (sulfide) groups is 1. The normalized spacial score (nSPS) is 30.6. The second kappa shape index (κ2) is 7.00. The summed E-state index contributed by atoms with van der Waals surface area (Å²) in [4.78, 5) is 39.4. The molecular formula is C18H22FN2O4S+. The Labute approximate surface area is 155 Å². The van der Waals surface area contributed by atoms with Crippen LogP contribution in [0.4, 0.5) is 4.39 Å². The van der Waals surface area contributed by atoms with Gasteiger partial charge in [0, 0.05) is 19.0 Å². The molecule has 140 valence electrons. The molecule has 0 unspecified atom stereocenters. The summed E-state index contributed by atoms with van der Waals surface area (Å²) in [5, 5.41) is 1.69. The fraction of sp³-hybridized carbons (Fsp3) is 0.500. The van der Waals surface area contributed by atoms with Crippen molar-refractivity contribution in [1.82, 2.24) is 4.90 Å². The lowest BCUT2D eigenvalue weighted by atomic mass is 9.78. The summed E-state index contributed by atoms with van der Waals surface area (Å²) in [6, 6.07) is 5.53. The molecule has 2 heterocycles. The zero-order valence-corrected chi connectivity index (χ0v) is 15.7. The highest BCUT2D eigenvalue weighted by Crippen LogP contribution is 2.45. The van der Waals surface area contributed by atoms with Crippen molar-refractivity contribution in [3.8, 4) is 0 Å². The average molecular weight is 381 g/mol. The topological polar surface area (TPSA) is 80.3 Å². The minimum absolute atomic E-state index is 0.328. The number of quaternary nitrogens is 1. The lowest BCUT2D eigenvalue weighted by Crippen LogP contribution is -2.98. The Morgan fingerprint density at radius 1 is 1.35 bits per heavy atom. The molecule has 2 aliphatic heterocycles. The smallest absolute Gasteiger partial charge is 0.368 e. The van der Waals surface area contributed by atoms with Crippen LogP contribution in [0, 0.1) is 17.7 Å². The fourth-order valence-electron chi connectivity index (χ4n) is 4.29. The number of likely N-dealkylation sites (tertiary alicyclic amines) is 1. The van der Waals surface area contributed by atoms with Gasteiger partial charge in [-0.05, 0) is 18.1 Å². The Bertz CT molecular complexity index is 758. The maximum absolute atomic E-state index is 14.5. The van der Waals surface area contributed by atoms with E-state index in [1.54, 1.807) is 35.3 Å². The van der Waals surface area contributed by atoms with Crippen molar-refractivity contribution in [2.45, 2.75) is 18.0 Å². The summed E-state index contributed by atoms with van der Waals surface area (Å²) < 4.78 is 19.5. The number of rotatable bonds is 5. The number of amides is 2. The Morgan fingerprint density at radius 2 is 2.04 bits per heavy atom. The largest absolute Gasteiger partial charge is 0.464 e. The summed E-state index contributed by atoms with van der Waals surface area (Å²) in [5.74, 6) is -2.80. The molecule has 8 heteroatoms. The van der Waals surface area contributed by atoms with Gasteiger partial charge in [-0.25, -0.2) is 9.18 Å². The molecular weight excluding hydrogens is 359 g/mol. The number of hydrogen-bond donors (Lipinski definition) is 1. The second-order valence-electron chi connectivity index (χ2n) is 6.73. The third kappa shape index (κ3) is 2.63. The number of ether oxygens (including phenoxy) is 1. The molecule has 0 spiro atoms. The van der Waals surface area contributed by atoms with Crippen molar-refractivity contribution >= 4 is 29.5 Å². The molecule has 2 amide bonds. The van der Waals surface area contributed by atoms with Crippen LogP contribution >= 0.6 is 11.8 Å². The van der Waals surface area contributed by atoms with Gasteiger partial charge in [0.25, 0.3) is 0 Å². The van der Waals surface area contributed by atoms with E-state index in [0.717, 1.165) is 4.90 Å². The van der Waals surface area contributed by atoms with Crippen LogP contribution in [0.25, 0.3) is 0 Å². The summed E-state index contributed by atoms with van der Waals surface area (Å²) in [6.07, 6.45) is 2.26. The summed E-state index contributed by atoms with van der Waals surface area (Å²) in [7, 11) is 2.69. The van der Waals surface area contributed by atoms with Gasteiger partial charge in [0.15, 0.2) is 0 Å². The van der Waals surface area contributed by atoms with Crippen molar-refractivity contribution in [3.05, 3.63) is 35.6 Å². The molecule has 0 aliphatic carbocycles. The van der Waals surface area contributed by atoms with Gasteiger partial charge in [0.2, 0.25) is 17.4 Å². The maximum Gasteiger partial charge on any atom is 0.368 e. The zero-order chi connectivity index (χ0) is 19.1. The molecule has 2 fully saturated rings. The second-order valence-corrected chi connectivity index (χ2v) is 7.71. The monoisotopic (exact) mass is 381 g/mol. The van der Waals surface area contributed by atoms with Crippen molar-refractivity contribution in [3.63, 3.8) is 0 Å². The average Bonchev–Trinajstić information content (AvgIpc) is 3.10. The quantitative estimate of drug-likeness (QED) is 0.588. The molecule has 2 aliphatic rings. The molecule has 1 aromatic rings. The predicted molar refractivity (Wildman–Crippen MR) is 93.6 cm³/mol. The highest BCUT2D eigenvalue weighted by Gasteiger charge is 2.71. The number of halogens is 1. The Kier molecular flexibility index (Phi) is 5.07. The summed E-state index contributed by atoms with van der Waals surface area (Å²) in [6.45, 7) is 0. The summed E-state index contributed by atoms with van der Waals surface area (Å²) in [5.41, 5.74) is -0.902. The standard InChI is InChI=1S/C18H21FN2O4S/c1-21-15(22)12-13(16(21)23)18(8-9-26-3,17(24)25-2)20-14(12)10-6-4-5-7-11(10)19/h4-7,12-14,20H,8-9H2,1-3H3/p+1/t12-,13+,14-,18-/m1/s1. The number of imide groups is 1. The van der Waals surface area contributed by atoms with Gasteiger partial charge < -0.3 is 10.1 Å². The molecule has 4 atom stereocenters. The fourth-order valence-corrected chi connectivity index (χ4v) is 4.83. The first-order valence-electron chi connectivity index (χ1n) is 8.38. The van der Waals surface area contributed by atoms with E-state index in [2.05, 4.69) is 0 Å². The molecule has 3 rings (SSSR count). The van der Waals surface area contributed by atoms with E-state index in [9.17, 15) is 18.8 Å². The predicted octanol–water partition coefficient (Wildman–Crippen LogP) is 0.340. The number of esters is 1. The van der Waals surface area contributed by atoms with Crippen LogP contribution in [0.1, 0.15) is 18.0 Å². The van der Waals surface area contributed by atoms with Crippen LogP contribution in [0.5, 0.6) is 0 Å². The lowest BCUT2D eigenvalue weighted by Gasteiger charge is -2.28. The van der Waals surface area contributed by atoms with Gasteiger partial charge in [-0.15, -0.1) is 0 Å². The Hall–Kier alpha value is -1.93. The van der Waals surface area contributed by atoms with Crippen molar-refractivity contribution in [2.75, 3.05) is 26.2 Å². The van der Waals surface area contributed by atoms with Crippen LogP contribution in [0.2, 0.25) is 0 Å². The maximum atomic E-state index is 14.5. The highest BCUT2D eigenvalue weighted by atomic mass is 32.2. The number of nitrogens with two attached hydrogens (primary N) is 1. The molecule has 0 aromatic heterocycles. The Balaban J connectivity index is 2.15. The number of fused-ring (bicyclic) bond motifs is 1. The van der Waals surface area contributed by atoms with Gasteiger partial charge >= 0.3 is 5.97 Å². The first-order valence-corrected chi connectivity index (χ1v) is 9.77. The molecule has 26 heavy (non-hydrogen) atoms. The van der Waals surface area contributed by atoms with Gasteiger partial charge in [-0.1, -0.05) is 18.2 Å². The molecule has 0 bridgehead atoms. The molecule has 2 N–H and O–H groups in total. The van der Waals surface area contributed by atoms with Crippen LogP contribution in [-0.2, 0) is 19.1 Å². The summed E-state index contributed by atoms with van der Waals surface area (Å²) >= 11 is 1.54. The number of nitrogens with zero attached hydrogens (tertiary/aromatic N) is 1. The van der Waals surface area contributed by atoms with Crippen LogP contribution < -0.4 is 5.32 Å². The van der Waals surface area contributed by atoms with Crippen LogP contribution in [0.3, 0.4) is 0 Å². The first-order chi connectivity index (χ1) is 12.4. The van der Waals surface area contributed by atoms with Crippen LogP contribution in [0.15, 0.2) is 24.3 Å². The highest BCUT2D eigenvalue weighted by molar-refractivity contribution is 7.98. The SMILES string of the molecule is COC(=O)[C@]1(CCSC)[NH2+][C@H](c2ccccc2F)[C@@H]2C(=O)N(C)C(=O)[C@H]21. The minimum Gasteiger partial charge on any atom is -0.464 e. The number of carbonyl (C=O) groups is 3. The van der Waals surface area contributed by atoms with E-state index in [-0.39, 0.29) is 5.91 Å². The molecule has 0 radical (unpaired) electrons. The van der Waals surface area contributed by atoms with Gasteiger partial charge in [0.05, 0.1) is 7.11 Å². The van der Waals surface area contributed by atoms with Gasteiger partial charge in [-0.2, -0.15) is 11.8 Å². The number of benzene rings is 1. The van der Waals surface area contributed by atoms with E-state index in [0.29, 0.717) is 17.7 Å². The van der Waals surface area contributed by atoms with Crippen molar-refractivity contribution in [1.29, 1.82) is 0 Å². The van der Waals surface area contributed by atoms with Crippen LogP contribution in [-0.4, -0.2) is 54.4 Å². The molecule has 0 saturated carbocycles. The third-order valence-electron chi connectivity index (χ3n) is 5.54. The van der Waals surface area contributed by atoms with E-state index in [4.69, 9.17) is 4.74 Å². The zero-order valence-electron chi connectivity index (χ0n) is 14.9. The first kappa shape index (κ1) is 18.8. The number of methoxy groups -OCH3 is 1. The Morgan fingerprint density at radius 3 is 2.65 bits per heavy atom. The molecule has 1 aromatic carbocycles. The van der Waals surface area contributed by atoms with Crippen molar-refractivity contribution in [2.24, 2.45) is 11.8 Å². The van der Waals surface area contributed by atoms with Gasteiger partial charge in [0.1, 0.15) is 23.7 Å². The minimum atomic E-state index is -1.23. The third-order valence-corrected chi connectivity index (χ3v) is 6.15. The molecule has 6 nitrogen and oxygen atoms in total. The molecule has 2 saturated heterocycles. The van der Waals surface area contributed by atoms with E-state index in [1.807, 2.05) is 6.26 Å². The van der Waals surface area contributed by atoms with Gasteiger partial charge in [-0.3, -0.25) is 14.5 Å². The lowest BCUT2D eigenvalue weighted by molar-refractivity contribution is -0.734. The van der Waals surface area contributed by atoms with E-state index in [1.165, 1.54) is 20.2 Å². The number of hydrogen-bond acceptors (Lipinski definition) is 5.